The van der Waals surface area contributed by atoms with Gasteiger partial charge in [-0.1, -0.05) is 15.9 Å². The van der Waals surface area contributed by atoms with Crippen molar-refractivity contribution in [2.45, 2.75) is 32.2 Å². The van der Waals surface area contributed by atoms with Crippen molar-refractivity contribution in [3.8, 4) is 0 Å². The molecule has 2 aromatic rings. The summed E-state index contributed by atoms with van der Waals surface area (Å²) < 4.78 is 1.08. The maximum Gasteiger partial charge on any atom is 0.108 e. The number of hydrogen-bond acceptors (Lipinski definition) is 2. The number of nitrogens with zero attached hydrogens (tertiary/aromatic N) is 2. The summed E-state index contributed by atoms with van der Waals surface area (Å²) in [5.74, 6) is 1.10. The molecule has 1 fully saturated rings. The molecule has 0 radical (unpaired) electrons. The van der Waals surface area contributed by atoms with E-state index in [1.54, 1.807) is 0 Å². The van der Waals surface area contributed by atoms with Crippen LogP contribution in [0.1, 0.15) is 25.6 Å². The topological polar surface area (TPSA) is 31.9 Å². The van der Waals surface area contributed by atoms with Gasteiger partial charge in [0.25, 0.3) is 0 Å². The lowest BCUT2D eigenvalue weighted by Crippen LogP contribution is -2.29. The van der Waals surface area contributed by atoms with Gasteiger partial charge >= 0.3 is 0 Å². The van der Waals surface area contributed by atoms with Crippen LogP contribution >= 0.6 is 15.9 Å². The Morgan fingerprint density at radius 2 is 2.39 bits per heavy atom. The van der Waals surface area contributed by atoms with Gasteiger partial charge in [0.05, 0.1) is 11.0 Å². The Morgan fingerprint density at radius 3 is 3.17 bits per heavy atom. The van der Waals surface area contributed by atoms with Crippen LogP contribution in [0.5, 0.6) is 0 Å². The average Bonchev–Trinajstić information content (AvgIpc) is 2.92. The van der Waals surface area contributed by atoms with Crippen LogP contribution in [0.15, 0.2) is 22.7 Å². The first-order valence-corrected chi connectivity index (χ1v) is 7.40. The number of rotatable bonds is 3. The summed E-state index contributed by atoms with van der Waals surface area (Å²) in [5.41, 5.74) is 2.18. The van der Waals surface area contributed by atoms with Crippen molar-refractivity contribution in [3.05, 3.63) is 28.5 Å². The molecule has 0 spiro atoms. The van der Waals surface area contributed by atoms with Gasteiger partial charge in [0.15, 0.2) is 0 Å². The smallest absolute Gasteiger partial charge is 0.108 e. The van der Waals surface area contributed by atoms with Crippen LogP contribution in [0.3, 0.4) is 0 Å². The number of aromatic nitrogens is 2. The first-order chi connectivity index (χ1) is 8.72. The van der Waals surface area contributed by atoms with Crippen molar-refractivity contribution in [3.63, 3.8) is 0 Å². The van der Waals surface area contributed by atoms with Crippen LogP contribution < -0.4 is 0 Å². The lowest BCUT2D eigenvalue weighted by Gasteiger charge is -2.19. The van der Waals surface area contributed by atoms with Gasteiger partial charge in [0, 0.05) is 23.5 Å². The minimum Gasteiger partial charge on any atom is -0.342 e. The second-order valence-corrected chi connectivity index (χ2v) is 6.04. The Morgan fingerprint density at radius 1 is 1.50 bits per heavy atom. The third-order valence-electron chi connectivity index (χ3n) is 3.82. The maximum atomic E-state index is 4.65. The zero-order valence-electron chi connectivity index (χ0n) is 10.6. The molecule has 0 saturated carbocycles. The van der Waals surface area contributed by atoms with E-state index in [1.165, 1.54) is 19.4 Å². The first-order valence-electron chi connectivity index (χ1n) is 6.60. The van der Waals surface area contributed by atoms with Crippen molar-refractivity contribution in [2.24, 2.45) is 0 Å². The van der Waals surface area contributed by atoms with Crippen molar-refractivity contribution in [1.29, 1.82) is 0 Å². The lowest BCUT2D eigenvalue weighted by atomic mass is 10.2. The SMILES string of the molecule is C[C@@H]1CCCN1CCc1nc2cc(Br)ccc2[nH]1. The molecule has 1 aliphatic heterocycles. The highest BCUT2D eigenvalue weighted by Crippen LogP contribution is 2.19. The minimum atomic E-state index is 0.739. The van der Waals surface area contributed by atoms with E-state index >= 15 is 0 Å². The summed E-state index contributed by atoms with van der Waals surface area (Å²) in [7, 11) is 0. The largest absolute Gasteiger partial charge is 0.342 e. The van der Waals surface area contributed by atoms with E-state index in [2.05, 4.69) is 49.9 Å². The molecule has 1 atom stereocenters. The molecule has 4 heteroatoms. The summed E-state index contributed by atoms with van der Waals surface area (Å²) in [5, 5.41) is 0. The Bertz CT molecular complexity index is 549. The molecule has 3 nitrogen and oxygen atoms in total. The summed E-state index contributed by atoms with van der Waals surface area (Å²) >= 11 is 3.48. The van der Waals surface area contributed by atoms with E-state index < -0.39 is 0 Å². The monoisotopic (exact) mass is 307 g/mol. The normalized spacial score (nSPS) is 20.9. The highest BCUT2D eigenvalue weighted by atomic mass is 79.9. The number of fused-ring (bicyclic) bond motifs is 1. The molecule has 96 valence electrons. The van der Waals surface area contributed by atoms with Crippen LogP contribution in [-0.4, -0.2) is 34.0 Å². The van der Waals surface area contributed by atoms with E-state index in [4.69, 9.17) is 0 Å². The quantitative estimate of drug-likeness (QED) is 0.943. The number of H-pyrrole nitrogens is 1. The van der Waals surface area contributed by atoms with Gasteiger partial charge in [-0.25, -0.2) is 4.98 Å². The fourth-order valence-corrected chi connectivity index (χ4v) is 3.07. The van der Waals surface area contributed by atoms with Crippen LogP contribution in [0.2, 0.25) is 0 Å². The molecule has 1 N–H and O–H groups in total. The Labute approximate surface area is 116 Å². The molecule has 0 unspecified atom stereocenters. The zero-order valence-corrected chi connectivity index (χ0v) is 12.2. The third kappa shape index (κ3) is 2.45. The third-order valence-corrected chi connectivity index (χ3v) is 4.31. The van der Waals surface area contributed by atoms with Crippen LogP contribution in [0.4, 0.5) is 0 Å². The number of hydrogen-bond donors (Lipinski definition) is 1. The number of aromatic amines is 1. The summed E-state index contributed by atoms with van der Waals surface area (Å²) in [6, 6.07) is 6.93. The molecule has 1 aromatic heterocycles. The van der Waals surface area contributed by atoms with Crippen LogP contribution in [-0.2, 0) is 6.42 Å². The van der Waals surface area contributed by atoms with Crippen molar-refractivity contribution < 1.29 is 0 Å². The number of imidazole rings is 1. The highest BCUT2D eigenvalue weighted by Gasteiger charge is 2.19. The zero-order chi connectivity index (χ0) is 12.5. The molecule has 0 bridgehead atoms. The van der Waals surface area contributed by atoms with Gasteiger partial charge in [-0.2, -0.15) is 0 Å². The van der Waals surface area contributed by atoms with Crippen molar-refractivity contribution >= 4 is 27.0 Å². The molecule has 3 rings (SSSR count). The minimum absolute atomic E-state index is 0.739. The average molecular weight is 308 g/mol. The van der Waals surface area contributed by atoms with E-state index in [9.17, 15) is 0 Å². The summed E-state index contributed by atoms with van der Waals surface area (Å²) in [4.78, 5) is 10.6. The van der Waals surface area contributed by atoms with Crippen molar-refractivity contribution in [1.82, 2.24) is 14.9 Å². The van der Waals surface area contributed by atoms with Crippen LogP contribution in [0.25, 0.3) is 11.0 Å². The van der Waals surface area contributed by atoms with Crippen LogP contribution in [0, 0.1) is 0 Å². The highest BCUT2D eigenvalue weighted by molar-refractivity contribution is 9.10. The van der Waals surface area contributed by atoms with Gasteiger partial charge < -0.3 is 9.88 Å². The number of benzene rings is 1. The molecule has 2 heterocycles. The van der Waals surface area contributed by atoms with Gasteiger partial charge in [-0.3, -0.25) is 0 Å². The van der Waals surface area contributed by atoms with E-state index in [0.29, 0.717) is 0 Å². The van der Waals surface area contributed by atoms with Crippen molar-refractivity contribution in [2.75, 3.05) is 13.1 Å². The van der Waals surface area contributed by atoms with E-state index in [-0.39, 0.29) is 0 Å². The van der Waals surface area contributed by atoms with E-state index in [0.717, 1.165) is 40.3 Å². The standard InChI is InChI=1S/C14H18BrN3/c1-10-3-2-7-18(10)8-6-14-16-12-5-4-11(15)9-13(12)17-14/h4-5,9-10H,2-3,6-8H2,1H3,(H,16,17)/t10-/m1/s1. The molecule has 1 aliphatic rings. The molecule has 1 saturated heterocycles. The second-order valence-electron chi connectivity index (χ2n) is 5.12. The molecule has 18 heavy (non-hydrogen) atoms. The molecule has 0 amide bonds. The Hall–Kier alpha value is -0.870. The fraction of sp³-hybridized carbons (Fsp3) is 0.500. The first kappa shape index (κ1) is 12.2. The van der Waals surface area contributed by atoms with Gasteiger partial charge in [-0.05, 0) is 44.5 Å². The molecular formula is C14H18BrN3. The number of likely N-dealkylation sites (tertiary alicyclic amines) is 1. The Balaban J connectivity index is 1.71. The predicted molar refractivity (Wildman–Crippen MR) is 77.8 cm³/mol. The molecule has 1 aromatic carbocycles. The van der Waals surface area contributed by atoms with Gasteiger partial charge in [0.1, 0.15) is 5.82 Å². The fourth-order valence-electron chi connectivity index (χ4n) is 2.72. The summed E-state index contributed by atoms with van der Waals surface area (Å²) in [6.07, 6.45) is 3.69. The maximum absolute atomic E-state index is 4.65. The molecular weight excluding hydrogens is 290 g/mol. The second kappa shape index (κ2) is 5.02. The number of halogens is 1. The van der Waals surface area contributed by atoms with Gasteiger partial charge in [-0.15, -0.1) is 0 Å². The van der Waals surface area contributed by atoms with E-state index in [1.807, 2.05) is 6.07 Å². The predicted octanol–water partition coefficient (Wildman–Crippen LogP) is 3.35. The Kier molecular flexibility index (Phi) is 3.39. The summed E-state index contributed by atoms with van der Waals surface area (Å²) in [6.45, 7) is 4.68. The lowest BCUT2D eigenvalue weighted by molar-refractivity contribution is 0.271. The number of nitrogens with one attached hydrogen (secondary N) is 1. The van der Waals surface area contributed by atoms with Gasteiger partial charge in [0.2, 0.25) is 0 Å². The molecule has 0 aliphatic carbocycles.